The van der Waals surface area contributed by atoms with Crippen LogP contribution in [0.1, 0.15) is 50.0 Å². The van der Waals surface area contributed by atoms with Gasteiger partial charge in [0, 0.05) is 38.6 Å². The molecule has 3 aromatic rings. The number of aliphatic hydroxyl groups excluding tert-OH is 1. The van der Waals surface area contributed by atoms with E-state index in [0.29, 0.717) is 62.1 Å². The lowest BCUT2D eigenvalue weighted by Crippen LogP contribution is -2.49. The van der Waals surface area contributed by atoms with Gasteiger partial charge in [0.05, 0.1) is 29.4 Å². The first-order valence-electron chi connectivity index (χ1n) is 12.9. The van der Waals surface area contributed by atoms with Gasteiger partial charge >= 0.3 is 5.69 Å². The molecule has 2 aromatic heterocycles. The molecule has 0 unspecified atom stereocenters. The van der Waals surface area contributed by atoms with Gasteiger partial charge in [-0.3, -0.25) is 9.88 Å². The maximum Gasteiger partial charge on any atom is 0.334 e. The minimum absolute atomic E-state index is 0.0454. The highest BCUT2D eigenvalue weighted by Gasteiger charge is 2.30. The van der Waals surface area contributed by atoms with E-state index in [1.807, 2.05) is 11.8 Å². The average molecular weight is 531 g/mol. The first-order chi connectivity index (χ1) is 17.8. The zero-order valence-electron chi connectivity index (χ0n) is 21.3. The Morgan fingerprint density at radius 2 is 1.86 bits per heavy atom. The second-order valence-corrected chi connectivity index (χ2v) is 11.6. The predicted molar refractivity (Wildman–Crippen MR) is 138 cm³/mol. The number of hydrogen-bond donors (Lipinski definition) is 2. The van der Waals surface area contributed by atoms with Crippen molar-refractivity contribution in [2.45, 2.75) is 50.3 Å². The third-order valence-corrected chi connectivity index (χ3v) is 9.22. The molecule has 11 nitrogen and oxygen atoms in total. The molecule has 2 N–H and O–H groups in total. The van der Waals surface area contributed by atoms with Crippen LogP contribution in [0.2, 0.25) is 0 Å². The molecule has 0 bridgehead atoms. The summed E-state index contributed by atoms with van der Waals surface area (Å²) < 4.78 is 35.8. The molecule has 1 aliphatic heterocycles. The van der Waals surface area contributed by atoms with Crippen LogP contribution >= 0.6 is 0 Å². The highest BCUT2D eigenvalue weighted by Crippen LogP contribution is 2.36. The minimum atomic E-state index is -3.78. The van der Waals surface area contributed by atoms with Gasteiger partial charge in [-0.1, -0.05) is 12.8 Å². The number of aliphatic hydroxyl groups is 1. The van der Waals surface area contributed by atoms with Gasteiger partial charge in [0.1, 0.15) is 17.4 Å². The summed E-state index contributed by atoms with van der Waals surface area (Å²) in [7, 11) is -3.78. The minimum Gasteiger partial charge on any atom is -0.493 e. The fraction of sp³-hybridized carbons (Fsp3) is 0.560. The summed E-state index contributed by atoms with van der Waals surface area (Å²) in [5.41, 5.74) is 1.38. The summed E-state index contributed by atoms with van der Waals surface area (Å²) in [6.45, 7) is 6.37. The number of aromatic amines is 1. The smallest absolute Gasteiger partial charge is 0.334 e. The zero-order valence-corrected chi connectivity index (χ0v) is 22.1. The van der Waals surface area contributed by atoms with Crippen LogP contribution in [-0.2, 0) is 10.0 Å². The molecule has 200 valence electrons. The third kappa shape index (κ3) is 4.90. The summed E-state index contributed by atoms with van der Waals surface area (Å²) >= 11 is 0. The van der Waals surface area contributed by atoms with E-state index < -0.39 is 10.0 Å². The Hall–Kier alpha value is -2.80. The molecule has 0 amide bonds. The Labute approximate surface area is 216 Å². The number of ether oxygens (including phenoxy) is 1. The van der Waals surface area contributed by atoms with Crippen LogP contribution in [0.15, 0.2) is 27.9 Å². The van der Waals surface area contributed by atoms with Gasteiger partial charge in [0.2, 0.25) is 10.0 Å². The van der Waals surface area contributed by atoms with Crippen molar-refractivity contribution in [3.63, 3.8) is 0 Å². The quantitative estimate of drug-likeness (QED) is 0.450. The summed E-state index contributed by atoms with van der Waals surface area (Å²) in [6, 6.07) is 4.69. The number of β-amino-alcohol motifs (C(OH)–C–C–N with tert-alkyl or cyclic N) is 1. The first-order valence-corrected chi connectivity index (χ1v) is 14.4. The van der Waals surface area contributed by atoms with Crippen molar-refractivity contribution in [3.8, 4) is 17.1 Å². The Morgan fingerprint density at radius 1 is 1.14 bits per heavy atom. The first kappa shape index (κ1) is 25.8. The van der Waals surface area contributed by atoms with E-state index in [-0.39, 0.29) is 28.9 Å². The predicted octanol–water partition coefficient (Wildman–Crippen LogP) is 1.75. The molecule has 0 spiro atoms. The van der Waals surface area contributed by atoms with Gasteiger partial charge in [0.15, 0.2) is 5.65 Å². The van der Waals surface area contributed by atoms with Gasteiger partial charge in [-0.25, -0.2) is 27.6 Å². The monoisotopic (exact) mass is 530 g/mol. The SMILES string of the molecule is CCOc1ccc(S(=O)(=O)N2CCN(CCO)CC2)cc1-c1nc2c(C3CCCC3)nc(C)n2c(=O)[nH]1. The van der Waals surface area contributed by atoms with Crippen LogP contribution in [-0.4, -0.2) is 88.0 Å². The molecule has 2 aliphatic rings. The number of rotatable bonds is 8. The van der Waals surface area contributed by atoms with E-state index in [1.54, 1.807) is 13.0 Å². The maximum absolute atomic E-state index is 13.5. The van der Waals surface area contributed by atoms with Crippen LogP contribution in [0.5, 0.6) is 5.75 Å². The average Bonchev–Trinajstić information content (AvgIpc) is 3.53. The van der Waals surface area contributed by atoms with E-state index >= 15 is 0 Å². The van der Waals surface area contributed by atoms with Crippen LogP contribution in [0.3, 0.4) is 0 Å². The number of benzene rings is 1. The van der Waals surface area contributed by atoms with Gasteiger partial charge < -0.3 is 9.84 Å². The third-order valence-electron chi connectivity index (χ3n) is 7.33. The Balaban J connectivity index is 1.57. The molecule has 37 heavy (non-hydrogen) atoms. The van der Waals surface area contributed by atoms with Crippen molar-refractivity contribution in [2.75, 3.05) is 45.9 Å². The van der Waals surface area contributed by atoms with Gasteiger partial charge in [-0.2, -0.15) is 4.31 Å². The van der Waals surface area contributed by atoms with E-state index in [1.165, 1.54) is 20.8 Å². The number of aryl methyl sites for hydroxylation is 1. The van der Waals surface area contributed by atoms with Crippen molar-refractivity contribution >= 4 is 15.7 Å². The Kier molecular flexibility index (Phi) is 7.35. The van der Waals surface area contributed by atoms with Crippen molar-refractivity contribution in [1.29, 1.82) is 0 Å². The number of hydrogen-bond acceptors (Lipinski definition) is 8. The van der Waals surface area contributed by atoms with E-state index in [9.17, 15) is 18.3 Å². The lowest BCUT2D eigenvalue weighted by Gasteiger charge is -2.33. The van der Waals surface area contributed by atoms with Crippen molar-refractivity contribution in [2.24, 2.45) is 0 Å². The van der Waals surface area contributed by atoms with Crippen molar-refractivity contribution in [3.05, 3.63) is 40.2 Å². The summed E-state index contributed by atoms with van der Waals surface area (Å²) in [4.78, 5) is 27.6. The number of piperazine rings is 1. The van der Waals surface area contributed by atoms with Crippen LogP contribution < -0.4 is 10.4 Å². The second-order valence-electron chi connectivity index (χ2n) is 9.64. The molecule has 1 saturated carbocycles. The summed E-state index contributed by atoms with van der Waals surface area (Å²) in [5.74, 6) is 1.54. The molecule has 1 aromatic carbocycles. The largest absolute Gasteiger partial charge is 0.493 e. The van der Waals surface area contributed by atoms with Crippen molar-refractivity contribution in [1.82, 2.24) is 28.6 Å². The van der Waals surface area contributed by atoms with Crippen LogP contribution in [0.4, 0.5) is 0 Å². The van der Waals surface area contributed by atoms with Crippen LogP contribution in [0, 0.1) is 6.92 Å². The van der Waals surface area contributed by atoms with Gasteiger partial charge in [-0.05, 0) is 44.9 Å². The molecule has 0 radical (unpaired) electrons. The molecule has 5 rings (SSSR count). The number of H-pyrrole nitrogens is 1. The van der Waals surface area contributed by atoms with Gasteiger partial charge in [0.25, 0.3) is 0 Å². The molecule has 1 aliphatic carbocycles. The topological polar surface area (TPSA) is 133 Å². The zero-order chi connectivity index (χ0) is 26.2. The molecule has 3 heterocycles. The number of sulfonamides is 1. The number of nitrogens with one attached hydrogen (secondary N) is 1. The second kappa shape index (κ2) is 10.5. The van der Waals surface area contributed by atoms with E-state index in [2.05, 4.69) is 4.98 Å². The highest BCUT2D eigenvalue weighted by molar-refractivity contribution is 7.89. The Bertz CT molecular complexity index is 1440. The van der Waals surface area contributed by atoms with E-state index in [4.69, 9.17) is 14.7 Å². The fourth-order valence-corrected chi connectivity index (χ4v) is 6.85. The number of imidazole rings is 1. The Morgan fingerprint density at radius 3 is 2.54 bits per heavy atom. The highest BCUT2D eigenvalue weighted by atomic mass is 32.2. The molecule has 12 heteroatoms. The number of nitrogens with zero attached hydrogens (tertiary/aromatic N) is 5. The number of aromatic nitrogens is 4. The lowest BCUT2D eigenvalue weighted by molar-refractivity contribution is 0.151. The molecular formula is C25H34N6O5S. The summed E-state index contributed by atoms with van der Waals surface area (Å²) in [6.07, 6.45) is 4.28. The maximum atomic E-state index is 13.5. The molecule has 1 saturated heterocycles. The standard InChI is InChI=1S/C25H34N6O5S/c1-3-36-21-9-8-19(37(34,35)30-12-10-29(11-13-30)14-15-32)16-20(21)23-27-24-22(18-6-4-5-7-18)26-17(2)31(24)25(33)28-23/h8-9,16,18,32H,3-7,10-15H2,1-2H3,(H,27,28,33). The molecule has 0 atom stereocenters. The van der Waals surface area contributed by atoms with Gasteiger partial charge in [-0.15, -0.1) is 0 Å². The van der Waals surface area contributed by atoms with E-state index in [0.717, 1.165) is 31.4 Å². The molecule has 2 fully saturated rings. The number of fused-ring (bicyclic) bond motifs is 1. The lowest BCUT2D eigenvalue weighted by atomic mass is 10.0. The van der Waals surface area contributed by atoms with Crippen molar-refractivity contribution < 1.29 is 18.3 Å². The molecular weight excluding hydrogens is 496 g/mol. The van der Waals surface area contributed by atoms with Crippen LogP contribution in [0.25, 0.3) is 17.0 Å². The normalized spacial score (nSPS) is 18.1. The fourth-order valence-electron chi connectivity index (χ4n) is 5.40. The summed E-state index contributed by atoms with van der Waals surface area (Å²) in [5, 5.41) is 9.17.